The van der Waals surface area contributed by atoms with Crippen molar-refractivity contribution >= 4 is 22.6 Å². The molecular formula is C20H24F3N3O2. The van der Waals surface area contributed by atoms with Crippen molar-refractivity contribution in [1.29, 1.82) is 0 Å². The first-order valence-corrected chi connectivity index (χ1v) is 9.85. The number of carbonyl (C=O) groups excluding carboxylic acids is 1. The summed E-state index contributed by atoms with van der Waals surface area (Å²) in [6.45, 7) is -0.144. The number of imidazole rings is 1. The molecule has 1 amide bonds. The fraction of sp³-hybridized carbons (Fsp3) is 0.600. The summed E-state index contributed by atoms with van der Waals surface area (Å²) in [5.74, 6) is 0.305. The highest BCUT2D eigenvalue weighted by Crippen LogP contribution is 2.46. The third kappa shape index (κ3) is 3.50. The number of fused-ring (bicyclic) bond motifs is 1. The van der Waals surface area contributed by atoms with Gasteiger partial charge in [0.05, 0.1) is 11.0 Å². The molecule has 2 aliphatic rings. The third-order valence-electron chi connectivity index (χ3n) is 6.07. The summed E-state index contributed by atoms with van der Waals surface area (Å²) >= 11 is 0. The van der Waals surface area contributed by atoms with Crippen molar-refractivity contribution in [3.8, 4) is 0 Å². The fourth-order valence-electron chi connectivity index (χ4n) is 4.29. The van der Waals surface area contributed by atoms with Gasteiger partial charge in [0.1, 0.15) is 11.2 Å². The molecule has 1 aromatic carbocycles. The van der Waals surface area contributed by atoms with Crippen molar-refractivity contribution in [3.63, 3.8) is 0 Å². The molecule has 0 spiro atoms. The summed E-state index contributed by atoms with van der Waals surface area (Å²) in [7, 11) is 0. The molecule has 2 heterocycles. The first-order chi connectivity index (χ1) is 13.4. The molecule has 2 aromatic rings. The number of benzene rings is 1. The number of hydrogen-bond acceptors (Lipinski definition) is 3. The van der Waals surface area contributed by atoms with E-state index < -0.39 is 17.5 Å². The minimum atomic E-state index is -4.62. The van der Waals surface area contributed by atoms with Crippen molar-refractivity contribution in [2.75, 3.05) is 18.5 Å². The van der Waals surface area contributed by atoms with E-state index in [2.05, 4.69) is 15.3 Å². The molecule has 0 atom stereocenters. The molecule has 1 aromatic heterocycles. The van der Waals surface area contributed by atoms with Crippen LogP contribution in [0, 0.1) is 5.41 Å². The van der Waals surface area contributed by atoms with Gasteiger partial charge in [0.25, 0.3) is 0 Å². The second-order valence-electron chi connectivity index (χ2n) is 7.84. The number of anilines is 1. The van der Waals surface area contributed by atoms with Gasteiger partial charge in [-0.15, -0.1) is 0 Å². The van der Waals surface area contributed by atoms with Crippen LogP contribution in [0.3, 0.4) is 0 Å². The summed E-state index contributed by atoms with van der Waals surface area (Å²) in [5.41, 5.74) is -0.574. The van der Waals surface area contributed by atoms with E-state index in [0.717, 1.165) is 29.7 Å². The number of rotatable bonds is 3. The largest absolute Gasteiger partial charge is 0.403 e. The lowest BCUT2D eigenvalue weighted by Crippen LogP contribution is -2.51. The monoisotopic (exact) mass is 395 g/mol. The molecule has 0 radical (unpaired) electrons. The first kappa shape index (κ1) is 19.2. The molecule has 0 unspecified atom stereocenters. The van der Waals surface area contributed by atoms with Crippen LogP contribution in [0.5, 0.6) is 0 Å². The Morgan fingerprint density at radius 3 is 2.57 bits per heavy atom. The molecule has 2 fully saturated rings. The molecule has 1 saturated heterocycles. The summed E-state index contributed by atoms with van der Waals surface area (Å²) in [5, 5.41) is 2.48. The SMILES string of the molecule is O=C(Nc1ccc2nc(C3CCCCC3)[nH]c2c1)C1(C(F)(F)F)CCOCC1. The Morgan fingerprint density at radius 1 is 1.18 bits per heavy atom. The van der Waals surface area contributed by atoms with Crippen LogP contribution < -0.4 is 5.32 Å². The molecule has 0 bridgehead atoms. The van der Waals surface area contributed by atoms with Crippen molar-refractivity contribution in [2.24, 2.45) is 5.41 Å². The highest BCUT2D eigenvalue weighted by molar-refractivity contribution is 5.97. The second kappa shape index (κ2) is 7.39. The lowest BCUT2D eigenvalue weighted by molar-refractivity contribution is -0.237. The number of hydrogen-bond donors (Lipinski definition) is 2. The summed E-state index contributed by atoms with van der Waals surface area (Å²) in [6.07, 6.45) is 0.477. The van der Waals surface area contributed by atoms with E-state index in [4.69, 9.17) is 4.74 Å². The maximum atomic E-state index is 13.7. The number of halogens is 3. The van der Waals surface area contributed by atoms with Gasteiger partial charge in [-0.3, -0.25) is 4.79 Å². The average Bonchev–Trinajstić information content (AvgIpc) is 3.12. The van der Waals surface area contributed by atoms with E-state index in [1.165, 1.54) is 19.3 Å². The van der Waals surface area contributed by atoms with Gasteiger partial charge < -0.3 is 15.0 Å². The molecule has 8 heteroatoms. The van der Waals surface area contributed by atoms with Gasteiger partial charge in [0.15, 0.2) is 0 Å². The van der Waals surface area contributed by atoms with Crippen LogP contribution in [0.1, 0.15) is 56.7 Å². The Labute approximate surface area is 161 Å². The number of carbonyl (C=O) groups is 1. The maximum absolute atomic E-state index is 13.7. The van der Waals surface area contributed by atoms with Gasteiger partial charge in [-0.05, 0) is 43.9 Å². The molecule has 152 valence electrons. The Bertz CT molecular complexity index is 850. The van der Waals surface area contributed by atoms with E-state index in [-0.39, 0.29) is 26.1 Å². The van der Waals surface area contributed by atoms with Gasteiger partial charge in [0.2, 0.25) is 5.91 Å². The van der Waals surface area contributed by atoms with Crippen molar-refractivity contribution in [1.82, 2.24) is 9.97 Å². The van der Waals surface area contributed by atoms with Crippen LogP contribution in [0.25, 0.3) is 11.0 Å². The minimum Gasteiger partial charge on any atom is -0.381 e. The number of amides is 1. The van der Waals surface area contributed by atoms with Crippen LogP contribution in [-0.2, 0) is 9.53 Å². The number of aromatic amines is 1. The lowest BCUT2D eigenvalue weighted by atomic mass is 9.78. The Morgan fingerprint density at radius 2 is 1.89 bits per heavy atom. The predicted octanol–water partition coefficient (Wildman–Crippen LogP) is 4.91. The number of ether oxygens (including phenoxy) is 1. The molecule has 1 aliphatic heterocycles. The van der Waals surface area contributed by atoms with Gasteiger partial charge in [0, 0.05) is 24.8 Å². The van der Waals surface area contributed by atoms with Gasteiger partial charge in [-0.2, -0.15) is 13.2 Å². The topological polar surface area (TPSA) is 67.0 Å². The number of H-pyrrole nitrogens is 1. The molecule has 4 rings (SSSR count). The van der Waals surface area contributed by atoms with Crippen LogP contribution in [0.15, 0.2) is 18.2 Å². The predicted molar refractivity (Wildman–Crippen MR) is 99.1 cm³/mol. The van der Waals surface area contributed by atoms with Crippen LogP contribution in [0.4, 0.5) is 18.9 Å². The van der Waals surface area contributed by atoms with Crippen molar-refractivity contribution in [3.05, 3.63) is 24.0 Å². The number of nitrogens with zero attached hydrogens (tertiary/aromatic N) is 1. The molecule has 2 N–H and O–H groups in total. The first-order valence-electron chi connectivity index (χ1n) is 9.85. The molecule has 1 aliphatic carbocycles. The quantitative estimate of drug-likeness (QED) is 0.776. The standard InChI is InChI=1S/C20H24F3N3O2/c21-20(22,23)19(8-10-28-11-9-19)18(27)24-14-6-7-15-16(12-14)26-17(25-15)13-4-2-1-3-5-13/h6-7,12-13H,1-5,8-11H2,(H,24,27)(H,25,26). The van der Waals surface area contributed by atoms with E-state index in [9.17, 15) is 18.0 Å². The second-order valence-corrected chi connectivity index (χ2v) is 7.84. The Balaban J connectivity index is 1.56. The number of alkyl halides is 3. The fourth-order valence-corrected chi connectivity index (χ4v) is 4.29. The molecule has 28 heavy (non-hydrogen) atoms. The van der Waals surface area contributed by atoms with Crippen molar-refractivity contribution in [2.45, 2.75) is 57.0 Å². The highest BCUT2D eigenvalue weighted by Gasteiger charge is 2.60. The smallest absolute Gasteiger partial charge is 0.381 e. The normalized spacial score (nSPS) is 21.0. The van der Waals surface area contributed by atoms with E-state index in [1.807, 2.05) is 0 Å². The zero-order valence-corrected chi connectivity index (χ0v) is 15.6. The maximum Gasteiger partial charge on any atom is 0.403 e. The minimum absolute atomic E-state index is 0.0722. The van der Waals surface area contributed by atoms with Gasteiger partial charge in [-0.1, -0.05) is 19.3 Å². The van der Waals surface area contributed by atoms with E-state index >= 15 is 0 Å². The zero-order valence-electron chi connectivity index (χ0n) is 15.6. The zero-order chi connectivity index (χ0) is 19.8. The highest BCUT2D eigenvalue weighted by atomic mass is 19.4. The molecule has 5 nitrogen and oxygen atoms in total. The van der Waals surface area contributed by atoms with Crippen molar-refractivity contribution < 1.29 is 22.7 Å². The average molecular weight is 395 g/mol. The molecular weight excluding hydrogens is 371 g/mol. The van der Waals surface area contributed by atoms with Crippen LogP contribution in [0.2, 0.25) is 0 Å². The van der Waals surface area contributed by atoms with E-state index in [0.29, 0.717) is 11.6 Å². The van der Waals surface area contributed by atoms with Crippen LogP contribution >= 0.6 is 0 Å². The van der Waals surface area contributed by atoms with Crippen LogP contribution in [-0.4, -0.2) is 35.3 Å². The van der Waals surface area contributed by atoms with E-state index in [1.54, 1.807) is 18.2 Å². The Kier molecular flexibility index (Phi) is 5.07. The summed E-state index contributed by atoms with van der Waals surface area (Å²) < 4.78 is 46.1. The molecule has 1 saturated carbocycles. The third-order valence-corrected chi connectivity index (χ3v) is 6.07. The number of nitrogens with one attached hydrogen (secondary N) is 2. The lowest BCUT2D eigenvalue weighted by Gasteiger charge is -2.37. The number of aromatic nitrogens is 2. The Hall–Kier alpha value is -2.09. The summed E-state index contributed by atoms with van der Waals surface area (Å²) in [4.78, 5) is 20.5. The van der Waals surface area contributed by atoms with Gasteiger partial charge >= 0.3 is 6.18 Å². The van der Waals surface area contributed by atoms with Gasteiger partial charge in [-0.25, -0.2) is 4.98 Å². The summed E-state index contributed by atoms with van der Waals surface area (Å²) in [6, 6.07) is 5.00.